The van der Waals surface area contributed by atoms with E-state index in [1.807, 2.05) is 19.3 Å². The standard InChI is InChI=1S/C13H24N4O/c1-2-18-10-4-8-16-9-6-15-13(16)17-7-3-5-12(14)11-17/h6,9,12H,2-5,7-8,10-11,14H2,1H3/t12-/m1/s1. The predicted octanol–water partition coefficient (Wildman–Crippen LogP) is 1.24. The maximum absolute atomic E-state index is 6.02. The van der Waals surface area contributed by atoms with Crippen molar-refractivity contribution < 1.29 is 4.74 Å². The minimum atomic E-state index is 0.285. The summed E-state index contributed by atoms with van der Waals surface area (Å²) in [5.41, 5.74) is 6.02. The first-order valence-electron chi connectivity index (χ1n) is 6.90. The molecular weight excluding hydrogens is 228 g/mol. The number of aryl methyl sites for hydroxylation is 1. The summed E-state index contributed by atoms with van der Waals surface area (Å²) < 4.78 is 7.57. The Hall–Kier alpha value is -1.07. The zero-order valence-electron chi connectivity index (χ0n) is 11.2. The second-order valence-electron chi connectivity index (χ2n) is 4.82. The van der Waals surface area contributed by atoms with Crippen LogP contribution in [0.3, 0.4) is 0 Å². The number of piperidine rings is 1. The van der Waals surface area contributed by atoms with E-state index in [9.17, 15) is 0 Å². The Morgan fingerprint density at radius 2 is 2.44 bits per heavy atom. The van der Waals surface area contributed by atoms with Crippen molar-refractivity contribution in [1.82, 2.24) is 9.55 Å². The van der Waals surface area contributed by atoms with Crippen LogP contribution in [0.15, 0.2) is 12.4 Å². The van der Waals surface area contributed by atoms with E-state index in [0.29, 0.717) is 0 Å². The zero-order valence-corrected chi connectivity index (χ0v) is 11.2. The van der Waals surface area contributed by atoms with Crippen molar-refractivity contribution in [2.75, 3.05) is 31.2 Å². The molecular formula is C13H24N4O. The maximum atomic E-state index is 6.02. The Balaban J connectivity index is 1.90. The van der Waals surface area contributed by atoms with E-state index in [1.54, 1.807) is 0 Å². The number of rotatable bonds is 6. The monoisotopic (exact) mass is 252 g/mol. The molecule has 1 fully saturated rings. The number of aromatic nitrogens is 2. The SMILES string of the molecule is CCOCCCn1ccnc1N1CCC[C@@H](N)C1. The maximum Gasteiger partial charge on any atom is 0.205 e. The Bertz CT molecular complexity index is 353. The molecule has 1 saturated heterocycles. The van der Waals surface area contributed by atoms with Gasteiger partial charge in [-0.05, 0) is 26.2 Å². The van der Waals surface area contributed by atoms with Gasteiger partial charge in [-0.25, -0.2) is 4.98 Å². The zero-order chi connectivity index (χ0) is 12.8. The molecule has 5 heteroatoms. The molecule has 1 aromatic heterocycles. The molecule has 5 nitrogen and oxygen atoms in total. The lowest BCUT2D eigenvalue weighted by atomic mass is 10.1. The molecule has 2 heterocycles. The summed E-state index contributed by atoms with van der Waals surface area (Å²) >= 11 is 0. The lowest BCUT2D eigenvalue weighted by Gasteiger charge is -2.31. The molecule has 0 spiro atoms. The van der Waals surface area contributed by atoms with Crippen LogP contribution in [0, 0.1) is 0 Å². The summed E-state index contributed by atoms with van der Waals surface area (Å²) in [5.74, 6) is 1.06. The first-order valence-corrected chi connectivity index (χ1v) is 6.90. The molecule has 2 N–H and O–H groups in total. The van der Waals surface area contributed by atoms with Crippen LogP contribution in [0.2, 0.25) is 0 Å². The quantitative estimate of drug-likeness (QED) is 0.774. The molecule has 0 aromatic carbocycles. The van der Waals surface area contributed by atoms with E-state index in [-0.39, 0.29) is 6.04 Å². The van der Waals surface area contributed by atoms with Crippen LogP contribution in [0.1, 0.15) is 26.2 Å². The first-order chi connectivity index (χ1) is 8.81. The molecule has 1 aliphatic heterocycles. The van der Waals surface area contributed by atoms with Crippen LogP contribution in [0.4, 0.5) is 5.95 Å². The van der Waals surface area contributed by atoms with Crippen molar-refractivity contribution in [2.24, 2.45) is 5.73 Å². The summed E-state index contributed by atoms with van der Waals surface area (Å²) in [5, 5.41) is 0. The number of anilines is 1. The Morgan fingerprint density at radius 1 is 1.56 bits per heavy atom. The van der Waals surface area contributed by atoms with E-state index in [1.165, 1.54) is 0 Å². The number of nitrogens with two attached hydrogens (primary N) is 1. The highest BCUT2D eigenvalue weighted by Crippen LogP contribution is 2.17. The molecule has 0 radical (unpaired) electrons. The van der Waals surface area contributed by atoms with Crippen LogP contribution >= 0.6 is 0 Å². The predicted molar refractivity (Wildman–Crippen MR) is 72.8 cm³/mol. The smallest absolute Gasteiger partial charge is 0.205 e. The lowest BCUT2D eigenvalue weighted by molar-refractivity contribution is 0.141. The minimum absolute atomic E-state index is 0.285. The molecule has 2 rings (SSSR count). The lowest BCUT2D eigenvalue weighted by Crippen LogP contribution is -2.44. The fourth-order valence-corrected chi connectivity index (χ4v) is 2.43. The van der Waals surface area contributed by atoms with Crippen molar-refractivity contribution >= 4 is 5.95 Å². The summed E-state index contributed by atoms with van der Waals surface area (Å²) in [7, 11) is 0. The topological polar surface area (TPSA) is 56.3 Å². The Kier molecular flexibility index (Phi) is 5.01. The third-order valence-corrected chi connectivity index (χ3v) is 3.33. The molecule has 102 valence electrons. The van der Waals surface area contributed by atoms with Crippen LogP contribution < -0.4 is 10.6 Å². The van der Waals surface area contributed by atoms with Gasteiger partial charge >= 0.3 is 0 Å². The van der Waals surface area contributed by atoms with Gasteiger partial charge in [0.05, 0.1) is 0 Å². The molecule has 0 amide bonds. The molecule has 1 aliphatic rings. The summed E-state index contributed by atoms with van der Waals surface area (Å²) in [4.78, 5) is 6.77. The van der Waals surface area contributed by atoms with Gasteiger partial charge in [0.25, 0.3) is 0 Å². The van der Waals surface area contributed by atoms with Gasteiger partial charge in [-0.1, -0.05) is 0 Å². The molecule has 0 bridgehead atoms. The van der Waals surface area contributed by atoms with Crippen molar-refractivity contribution in [3.05, 3.63) is 12.4 Å². The Labute approximate surface area is 109 Å². The van der Waals surface area contributed by atoms with E-state index in [2.05, 4.69) is 14.5 Å². The van der Waals surface area contributed by atoms with Crippen LogP contribution in [-0.4, -0.2) is 41.9 Å². The molecule has 1 aromatic rings. The number of imidazole rings is 1. The summed E-state index contributed by atoms with van der Waals surface area (Å²) in [6.07, 6.45) is 7.23. The van der Waals surface area contributed by atoms with Crippen molar-refractivity contribution in [2.45, 2.75) is 38.8 Å². The molecule has 0 unspecified atom stereocenters. The number of hydrogen-bond donors (Lipinski definition) is 1. The molecule has 1 atom stereocenters. The number of hydrogen-bond acceptors (Lipinski definition) is 4. The highest BCUT2D eigenvalue weighted by molar-refractivity contribution is 5.32. The highest BCUT2D eigenvalue weighted by atomic mass is 16.5. The average Bonchev–Trinajstić information content (AvgIpc) is 2.83. The molecule has 0 saturated carbocycles. The van der Waals surface area contributed by atoms with Crippen LogP contribution in [0.25, 0.3) is 0 Å². The highest BCUT2D eigenvalue weighted by Gasteiger charge is 2.20. The van der Waals surface area contributed by atoms with Crippen molar-refractivity contribution in [3.63, 3.8) is 0 Å². The van der Waals surface area contributed by atoms with Gasteiger partial charge in [0.2, 0.25) is 5.95 Å². The first kappa shape index (κ1) is 13.4. The third-order valence-electron chi connectivity index (χ3n) is 3.33. The van der Waals surface area contributed by atoms with Crippen molar-refractivity contribution in [3.8, 4) is 0 Å². The largest absolute Gasteiger partial charge is 0.382 e. The van der Waals surface area contributed by atoms with Gasteiger partial charge in [-0.15, -0.1) is 0 Å². The van der Waals surface area contributed by atoms with Crippen molar-refractivity contribution in [1.29, 1.82) is 0 Å². The van der Waals surface area contributed by atoms with Gasteiger partial charge in [0.1, 0.15) is 0 Å². The number of ether oxygens (including phenoxy) is 1. The normalized spacial score (nSPS) is 20.3. The van der Waals surface area contributed by atoms with Crippen LogP contribution in [-0.2, 0) is 11.3 Å². The van der Waals surface area contributed by atoms with E-state index in [0.717, 1.165) is 58.1 Å². The van der Waals surface area contributed by atoms with Gasteiger partial charge < -0.3 is 19.9 Å². The van der Waals surface area contributed by atoms with E-state index in [4.69, 9.17) is 10.5 Å². The molecule has 18 heavy (non-hydrogen) atoms. The number of nitrogens with zero attached hydrogens (tertiary/aromatic N) is 3. The minimum Gasteiger partial charge on any atom is -0.382 e. The summed E-state index contributed by atoms with van der Waals surface area (Å²) in [6.45, 7) is 6.57. The van der Waals surface area contributed by atoms with E-state index >= 15 is 0 Å². The van der Waals surface area contributed by atoms with Gasteiger partial charge in [-0.3, -0.25) is 0 Å². The van der Waals surface area contributed by atoms with Gasteiger partial charge in [-0.2, -0.15) is 0 Å². The average molecular weight is 252 g/mol. The fourth-order valence-electron chi connectivity index (χ4n) is 2.43. The van der Waals surface area contributed by atoms with Gasteiger partial charge in [0, 0.05) is 51.3 Å². The molecule has 0 aliphatic carbocycles. The van der Waals surface area contributed by atoms with Gasteiger partial charge in [0.15, 0.2) is 0 Å². The Morgan fingerprint density at radius 3 is 3.22 bits per heavy atom. The fraction of sp³-hybridized carbons (Fsp3) is 0.769. The van der Waals surface area contributed by atoms with Crippen LogP contribution in [0.5, 0.6) is 0 Å². The summed E-state index contributed by atoms with van der Waals surface area (Å²) in [6, 6.07) is 0.285. The second kappa shape index (κ2) is 6.75. The third kappa shape index (κ3) is 3.46. The second-order valence-corrected chi connectivity index (χ2v) is 4.82. The van der Waals surface area contributed by atoms with E-state index < -0.39 is 0 Å².